The Balaban J connectivity index is 1.80. The molecule has 0 heterocycles. The summed E-state index contributed by atoms with van der Waals surface area (Å²) < 4.78 is 0. The van der Waals surface area contributed by atoms with Gasteiger partial charge in [-0.15, -0.1) is 0 Å². The number of primary amides is 2. The van der Waals surface area contributed by atoms with E-state index >= 15 is 0 Å². The fourth-order valence-electron chi connectivity index (χ4n) is 6.35. The first-order chi connectivity index (χ1) is 16.4. The monoisotopic (exact) mass is 483 g/mol. The minimum atomic E-state index is -0.590. The number of anilines is 1. The van der Waals surface area contributed by atoms with Crippen LogP contribution in [0.25, 0.3) is 0 Å². The molecule has 35 heavy (non-hydrogen) atoms. The van der Waals surface area contributed by atoms with Crippen molar-refractivity contribution in [3.63, 3.8) is 0 Å². The van der Waals surface area contributed by atoms with Gasteiger partial charge in [0, 0.05) is 22.7 Å². The van der Waals surface area contributed by atoms with Gasteiger partial charge in [0.15, 0.2) is 0 Å². The maximum absolute atomic E-state index is 13.1. The average Bonchev–Trinajstić information content (AvgIpc) is 2.82. The third kappa shape index (κ3) is 6.45. The summed E-state index contributed by atoms with van der Waals surface area (Å²) in [4.78, 5) is 38.0. The zero-order valence-electron chi connectivity index (χ0n) is 22.3. The number of carbonyl (C=O) groups excluding carboxylic acids is 3. The van der Waals surface area contributed by atoms with E-state index in [1.54, 1.807) is 12.1 Å². The van der Waals surface area contributed by atoms with Gasteiger partial charge in [-0.3, -0.25) is 14.4 Å². The van der Waals surface area contributed by atoms with E-state index in [-0.39, 0.29) is 23.2 Å². The minimum absolute atomic E-state index is 0.0648. The molecule has 1 atom stereocenters. The van der Waals surface area contributed by atoms with Gasteiger partial charge in [-0.2, -0.15) is 0 Å². The molecule has 2 saturated carbocycles. The van der Waals surface area contributed by atoms with Gasteiger partial charge >= 0.3 is 0 Å². The van der Waals surface area contributed by atoms with Crippen molar-refractivity contribution in [3.8, 4) is 0 Å². The van der Waals surface area contributed by atoms with Crippen molar-refractivity contribution in [2.45, 2.75) is 98.3 Å². The first-order valence-electron chi connectivity index (χ1n) is 13.5. The van der Waals surface area contributed by atoms with E-state index in [0.717, 1.165) is 57.8 Å². The number of benzene rings is 1. The van der Waals surface area contributed by atoms with E-state index < -0.39 is 11.8 Å². The molecule has 6 heteroatoms. The highest BCUT2D eigenvalue weighted by atomic mass is 16.2. The first kappa shape index (κ1) is 27.2. The van der Waals surface area contributed by atoms with Gasteiger partial charge in [-0.25, -0.2) is 0 Å². The Hall–Kier alpha value is -2.37. The van der Waals surface area contributed by atoms with Crippen LogP contribution in [0.4, 0.5) is 5.69 Å². The maximum atomic E-state index is 13.1. The Bertz CT molecular complexity index is 898. The highest BCUT2D eigenvalue weighted by molar-refractivity contribution is 6.04. The van der Waals surface area contributed by atoms with E-state index in [9.17, 15) is 14.4 Å². The topological polar surface area (TPSA) is 115 Å². The van der Waals surface area contributed by atoms with E-state index in [2.05, 4.69) is 39.9 Å². The summed E-state index contributed by atoms with van der Waals surface area (Å²) in [5.41, 5.74) is 13.5. The van der Waals surface area contributed by atoms with E-state index in [1.807, 2.05) is 0 Å². The van der Waals surface area contributed by atoms with Crippen molar-refractivity contribution in [1.82, 2.24) is 0 Å². The number of hydrogen-bond acceptors (Lipinski definition) is 3. The van der Waals surface area contributed by atoms with E-state index in [0.29, 0.717) is 40.1 Å². The maximum Gasteiger partial charge on any atom is 0.249 e. The molecule has 0 bridgehead atoms. The zero-order valence-corrected chi connectivity index (χ0v) is 22.3. The first-order valence-corrected chi connectivity index (χ1v) is 13.5. The zero-order chi connectivity index (χ0) is 25.9. The number of carbonyl (C=O) groups is 3. The normalized spacial score (nSPS) is 26.1. The van der Waals surface area contributed by atoms with Crippen LogP contribution in [0.3, 0.4) is 0 Å². The molecule has 0 aromatic heterocycles. The van der Waals surface area contributed by atoms with Gasteiger partial charge < -0.3 is 16.8 Å². The molecule has 1 unspecified atom stereocenters. The van der Waals surface area contributed by atoms with Gasteiger partial charge in [0.25, 0.3) is 0 Å². The molecule has 2 aliphatic carbocycles. The summed E-state index contributed by atoms with van der Waals surface area (Å²) in [5, 5.41) is 2.96. The molecule has 0 radical (unpaired) electrons. The van der Waals surface area contributed by atoms with Crippen LogP contribution in [0.1, 0.15) is 125 Å². The van der Waals surface area contributed by atoms with Crippen LogP contribution in [0.2, 0.25) is 0 Å². The molecule has 6 nitrogen and oxygen atoms in total. The second kappa shape index (κ2) is 11.1. The number of amides is 3. The lowest BCUT2D eigenvalue weighted by Crippen LogP contribution is -2.32. The van der Waals surface area contributed by atoms with Crippen LogP contribution in [0, 0.1) is 29.1 Å². The van der Waals surface area contributed by atoms with Crippen molar-refractivity contribution >= 4 is 23.4 Å². The van der Waals surface area contributed by atoms with Gasteiger partial charge in [-0.05, 0) is 98.1 Å². The lowest BCUT2D eigenvalue weighted by Gasteiger charge is -2.36. The Labute approximate surface area is 211 Å². The molecule has 1 aromatic rings. The quantitative estimate of drug-likeness (QED) is 0.442. The Kier molecular flexibility index (Phi) is 8.66. The van der Waals surface area contributed by atoms with Crippen LogP contribution in [0.5, 0.6) is 0 Å². The molecule has 2 aliphatic rings. The Morgan fingerprint density at radius 3 is 1.86 bits per heavy atom. The number of rotatable bonds is 7. The number of nitrogens with one attached hydrogen (secondary N) is 1. The lowest BCUT2D eigenvalue weighted by atomic mass is 9.69. The standard InChI is InChI=1S/C29H45N3O3/c1-6-17(2)18-7-9-19(10-8-18)25-23(26(30)33)15-22(16-24(25)27(31)34)32-28(35)20-11-13-21(14-12-20)29(3,4)5/h15-21H,6-14H2,1-5H3,(H2,30,33)(H2,31,34)(H,32,35). The largest absolute Gasteiger partial charge is 0.366 e. The third-order valence-corrected chi connectivity index (χ3v) is 8.93. The van der Waals surface area contributed by atoms with Gasteiger partial charge in [0.1, 0.15) is 0 Å². The summed E-state index contributed by atoms with van der Waals surface area (Å²) in [6.45, 7) is 11.3. The predicted molar refractivity (Wildman–Crippen MR) is 141 cm³/mol. The molecule has 1 aromatic carbocycles. The molecule has 0 saturated heterocycles. The van der Waals surface area contributed by atoms with Crippen LogP contribution in [-0.4, -0.2) is 17.7 Å². The van der Waals surface area contributed by atoms with Crippen molar-refractivity contribution in [2.75, 3.05) is 5.32 Å². The molecule has 3 amide bonds. The SMILES string of the molecule is CCC(C)C1CCC(c2c(C(N)=O)cc(NC(=O)C3CCC(C(C)(C)C)CC3)cc2C(N)=O)CC1. The van der Waals surface area contributed by atoms with Crippen LogP contribution in [0.15, 0.2) is 12.1 Å². The van der Waals surface area contributed by atoms with Crippen LogP contribution >= 0.6 is 0 Å². The smallest absolute Gasteiger partial charge is 0.249 e. The molecule has 5 N–H and O–H groups in total. The van der Waals surface area contributed by atoms with Crippen LogP contribution in [-0.2, 0) is 4.79 Å². The second-order valence-corrected chi connectivity index (χ2v) is 12.1. The lowest BCUT2D eigenvalue weighted by molar-refractivity contribution is -0.121. The van der Waals surface area contributed by atoms with E-state index in [4.69, 9.17) is 11.5 Å². The molecule has 0 spiro atoms. The highest BCUT2D eigenvalue weighted by Gasteiger charge is 2.34. The van der Waals surface area contributed by atoms with E-state index in [1.165, 1.54) is 0 Å². The second-order valence-electron chi connectivity index (χ2n) is 12.1. The Morgan fingerprint density at radius 1 is 0.914 bits per heavy atom. The predicted octanol–water partition coefficient (Wildman–Crippen LogP) is 6.00. The summed E-state index contributed by atoms with van der Waals surface area (Å²) in [5.74, 6) is 0.696. The van der Waals surface area contributed by atoms with Crippen LogP contribution < -0.4 is 16.8 Å². The molecule has 2 fully saturated rings. The molecular weight excluding hydrogens is 438 g/mol. The average molecular weight is 484 g/mol. The van der Waals surface area contributed by atoms with Crippen molar-refractivity contribution in [3.05, 3.63) is 28.8 Å². The fraction of sp³-hybridized carbons (Fsp3) is 0.690. The van der Waals surface area contributed by atoms with Crippen molar-refractivity contribution in [1.29, 1.82) is 0 Å². The number of hydrogen-bond donors (Lipinski definition) is 3. The third-order valence-electron chi connectivity index (χ3n) is 8.93. The molecule has 194 valence electrons. The van der Waals surface area contributed by atoms with Gasteiger partial charge in [0.05, 0.1) is 0 Å². The number of nitrogens with two attached hydrogens (primary N) is 2. The van der Waals surface area contributed by atoms with Gasteiger partial charge in [-0.1, -0.05) is 41.0 Å². The summed E-state index contributed by atoms with van der Waals surface area (Å²) >= 11 is 0. The Morgan fingerprint density at radius 2 is 1.43 bits per heavy atom. The summed E-state index contributed by atoms with van der Waals surface area (Å²) in [7, 11) is 0. The van der Waals surface area contributed by atoms with Crippen molar-refractivity contribution in [2.24, 2.45) is 40.6 Å². The summed E-state index contributed by atoms with van der Waals surface area (Å²) in [6.07, 6.45) is 8.82. The highest BCUT2D eigenvalue weighted by Crippen LogP contribution is 2.43. The summed E-state index contributed by atoms with van der Waals surface area (Å²) in [6, 6.07) is 3.28. The molecule has 0 aliphatic heterocycles. The van der Waals surface area contributed by atoms with Crippen molar-refractivity contribution < 1.29 is 14.4 Å². The van der Waals surface area contributed by atoms with Gasteiger partial charge in [0.2, 0.25) is 17.7 Å². The molecular formula is C29H45N3O3. The minimum Gasteiger partial charge on any atom is -0.366 e. The fourth-order valence-corrected chi connectivity index (χ4v) is 6.35. The molecule has 3 rings (SSSR count).